The molecule has 88 valence electrons. The van der Waals surface area contributed by atoms with Crippen molar-refractivity contribution in [2.75, 3.05) is 11.1 Å². The molecular formula is C11H11ClN4O. The zero-order valence-electron chi connectivity index (χ0n) is 8.89. The predicted octanol–water partition coefficient (Wildman–Crippen LogP) is 2.03. The Morgan fingerprint density at radius 2 is 2.00 bits per heavy atom. The summed E-state index contributed by atoms with van der Waals surface area (Å²) in [4.78, 5) is 7.98. The van der Waals surface area contributed by atoms with Crippen molar-refractivity contribution in [3.8, 4) is 5.75 Å². The summed E-state index contributed by atoms with van der Waals surface area (Å²) >= 11 is 5.67. The van der Waals surface area contributed by atoms with Crippen molar-refractivity contribution in [3.63, 3.8) is 0 Å². The van der Waals surface area contributed by atoms with Crippen LogP contribution in [0.1, 0.15) is 5.56 Å². The first kappa shape index (κ1) is 11.5. The van der Waals surface area contributed by atoms with Crippen LogP contribution in [0.2, 0.25) is 5.02 Å². The third-order valence-corrected chi connectivity index (χ3v) is 2.36. The van der Waals surface area contributed by atoms with Crippen LogP contribution >= 0.6 is 11.6 Å². The molecule has 0 saturated heterocycles. The molecule has 6 heteroatoms. The molecule has 5 nitrogen and oxygen atoms in total. The predicted molar refractivity (Wildman–Crippen MR) is 66.9 cm³/mol. The molecule has 0 unspecified atom stereocenters. The van der Waals surface area contributed by atoms with Gasteiger partial charge in [0.15, 0.2) is 0 Å². The van der Waals surface area contributed by atoms with E-state index in [0.29, 0.717) is 23.2 Å². The van der Waals surface area contributed by atoms with Crippen molar-refractivity contribution >= 4 is 23.2 Å². The van der Waals surface area contributed by atoms with Crippen LogP contribution in [0.3, 0.4) is 0 Å². The van der Waals surface area contributed by atoms with Gasteiger partial charge in [-0.25, -0.2) is 9.97 Å². The maximum absolute atomic E-state index is 9.43. The smallest absolute Gasteiger partial charge is 0.222 e. The van der Waals surface area contributed by atoms with Crippen molar-refractivity contribution < 1.29 is 5.11 Å². The summed E-state index contributed by atoms with van der Waals surface area (Å²) in [6.07, 6.45) is 3.02. The second kappa shape index (κ2) is 4.88. The number of nitrogens with one attached hydrogen (secondary N) is 1. The summed E-state index contributed by atoms with van der Waals surface area (Å²) in [5.41, 5.74) is 6.75. The normalized spacial score (nSPS) is 10.2. The van der Waals surface area contributed by atoms with Crippen LogP contribution in [-0.2, 0) is 6.54 Å². The van der Waals surface area contributed by atoms with Crippen molar-refractivity contribution in [2.24, 2.45) is 0 Å². The van der Waals surface area contributed by atoms with E-state index in [9.17, 15) is 5.11 Å². The lowest BCUT2D eigenvalue weighted by molar-refractivity contribution is 0.477. The first-order valence-electron chi connectivity index (χ1n) is 4.94. The van der Waals surface area contributed by atoms with Crippen LogP contribution < -0.4 is 11.1 Å². The van der Waals surface area contributed by atoms with Gasteiger partial charge in [0.1, 0.15) is 5.75 Å². The number of nitrogen functional groups attached to an aromatic ring is 1. The standard InChI is InChI=1S/C11H11ClN4O/c12-8-5-15-11(16-6-8)14-4-7-1-2-9(13)10(17)3-7/h1-3,5-6,17H,4,13H2,(H,14,15,16). The van der Waals surface area contributed by atoms with Gasteiger partial charge in [-0.3, -0.25) is 0 Å². The highest BCUT2D eigenvalue weighted by molar-refractivity contribution is 6.30. The number of hydrogen-bond donors (Lipinski definition) is 3. The van der Waals surface area contributed by atoms with Crippen LogP contribution in [-0.4, -0.2) is 15.1 Å². The van der Waals surface area contributed by atoms with Gasteiger partial charge in [-0.05, 0) is 17.7 Å². The number of halogens is 1. The Hall–Kier alpha value is -2.01. The molecule has 4 N–H and O–H groups in total. The highest BCUT2D eigenvalue weighted by Crippen LogP contribution is 2.20. The number of hydrogen-bond acceptors (Lipinski definition) is 5. The fourth-order valence-corrected chi connectivity index (χ4v) is 1.38. The molecular weight excluding hydrogens is 240 g/mol. The minimum Gasteiger partial charge on any atom is -0.506 e. The van der Waals surface area contributed by atoms with E-state index < -0.39 is 0 Å². The molecule has 2 aromatic rings. The van der Waals surface area contributed by atoms with E-state index in [0.717, 1.165) is 5.56 Å². The Morgan fingerprint density at radius 1 is 1.29 bits per heavy atom. The minimum atomic E-state index is 0.0707. The fourth-order valence-electron chi connectivity index (χ4n) is 1.28. The van der Waals surface area contributed by atoms with Crippen LogP contribution in [0.25, 0.3) is 0 Å². The molecule has 1 aromatic carbocycles. The molecule has 1 aromatic heterocycles. The zero-order chi connectivity index (χ0) is 12.3. The van der Waals surface area contributed by atoms with E-state index in [4.69, 9.17) is 17.3 Å². The number of anilines is 2. The first-order valence-corrected chi connectivity index (χ1v) is 5.32. The minimum absolute atomic E-state index is 0.0707. The molecule has 0 radical (unpaired) electrons. The van der Waals surface area contributed by atoms with Gasteiger partial charge in [0, 0.05) is 6.54 Å². The van der Waals surface area contributed by atoms with Crippen molar-refractivity contribution in [2.45, 2.75) is 6.54 Å². The lowest BCUT2D eigenvalue weighted by Crippen LogP contribution is -2.03. The molecule has 2 rings (SSSR count). The molecule has 0 fully saturated rings. The van der Waals surface area contributed by atoms with Crippen molar-refractivity contribution in [1.82, 2.24) is 9.97 Å². The number of benzene rings is 1. The Kier molecular flexibility index (Phi) is 3.30. The summed E-state index contributed by atoms with van der Waals surface area (Å²) in [5.74, 6) is 0.548. The molecule has 0 aliphatic rings. The number of rotatable bonds is 3. The highest BCUT2D eigenvalue weighted by Gasteiger charge is 2.00. The average Bonchev–Trinajstić information content (AvgIpc) is 2.33. The average molecular weight is 251 g/mol. The summed E-state index contributed by atoms with van der Waals surface area (Å²) in [6.45, 7) is 0.496. The molecule has 0 atom stereocenters. The number of nitrogens with zero attached hydrogens (tertiary/aromatic N) is 2. The third-order valence-electron chi connectivity index (χ3n) is 2.17. The molecule has 0 spiro atoms. The molecule has 0 aliphatic heterocycles. The largest absolute Gasteiger partial charge is 0.506 e. The van der Waals surface area contributed by atoms with Crippen LogP contribution in [0.15, 0.2) is 30.6 Å². The third kappa shape index (κ3) is 2.98. The zero-order valence-corrected chi connectivity index (χ0v) is 9.65. The lowest BCUT2D eigenvalue weighted by Gasteiger charge is -2.06. The van der Waals surface area contributed by atoms with Crippen LogP contribution in [0.4, 0.5) is 11.6 Å². The van der Waals surface area contributed by atoms with E-state index in [1.165, 1.54) is 12.4 Å². The number of nitrogens with two attached hydrogens (primary N) is 1. The van der Waals surface area contributed by atoms with Gasteiger partial charge < -0.3 is 16.2 Å². The van der Waals surface area contributed by atoms with Gasteiger partial charge in [0.05, 0.1) is 23.1 Å². The van der Waals surface area contributed by atoms with E-state index in [1.807, 2.05) is 6.07 Å². The number of aromatic hydroxyl groups is 1. The number of aromatic nitrogens is 2. The monoisotopic (exact) mass is 250 g/mol. The van der Waals surface area contributed by atoms with Gasteiger partial charge >= 0.3 is 0 Å². The van der Waals surface area contributed by atoms with E-state index in [1.54, 1.807) is 12.1 Å². The summed E-state index contributed by atoms with van der Waals surface area (Å²) in [6, 6.07) is 5.06. The van der Waals surface area contributed by atoms with E-state index >= 15 is 0 Å². The maximum atomic E-state index is 9.43. The molecule has 0 amide bonds. The van der Waals surface area contributed by atoms with Gasteiger partial charge in [0.25, 0.3) is 0 Å². The molecule has 0 saturated carbocycles. The summed E-state index contributed by atoms with van der Waals surface area (Å²) in [7, 11) is 0. The van der Waals surface area contributed by atoms with Gasteiger partial charge in [-0.1, -0.05) is 17.7 Å². The van der Waals surface area contributed by atoms with Crippen LogP contribution in [0, 0.1) is 0 Å². The Balaban J connectivity index is 2.02. The van der Waals surface area contributed by atoms with E-state index in [-0.39, 0.29) is 5.75 Å². The van der Waals surface area contributed by atoms with Crippen molar-refractivity contribution in [1.29, 1.82) is 0 Å². The van der Waals surface area contributed by atoms with Gasteiger partial charge in [-0.15, -0.1) is 0 Å². The quantitative estimate of drug-likeness (QED) is 0.573. The lowest BCUT2D eigenvalue weighted by atomic mass is 10.2. The maximum Gasteiger partial charge on any atom is 0.222 e. The number of phenolic OH excluding ortho intramolecular Hbond substituents is 1. The summed E-state index contributed by atoms with van der Waals surface area (Å²) in [5, 5.41) is 12.9. The van der Waals surface area contributed by atoms with Crippen LogP contribution in [0.5, 0.6) is 5.75 Å². The number of phenols is 1. The summed E-state index contributed by atoms with van der Waals surface area (Å²) < 4.78 is 0. The highest BCUT2D eigenvalue weighted by atomic mass is 35.5. The molecule has 1 heterocycles. The Bertz CT molecular complexity index is 515. The Labute approximate surface area is 103 Å². The molecule has 0 aliphatic carbocycles. The second-order valence-electron chi connectivity index (χ2n) is 3.47. The van der Waals surface area contributed by atoms with Gasteiger partial charge in [0.2, 0.25) is 5.95 Å². The Morgan fingerprint density at radius 3 is 2.65 bits per heavy atom. The molecule has 17 heavy (non-hydrogen) atoms. The fraction of sp³-hybridized carbons (Fsp3) is 0.0909. The SMILES string of the molecule is Nc1ccc(CNc2ncc(Cl)cn2)cc1O. The topological polar surface area (TPSA) is 84.1 Å². The van der Waals surface area contributed by atoms with E-state index in [2.05, 4.69) is 15.3 Å². The van der Waals surface area contributed by atoms with Gasteiger partial charge in [-0.2, -0.15) is 0 Å². The van der Waals surface area contributed by atoms with Crippen molar-refractivity contribution in [3.05, 3.63) is 41.2 Å². The molecule has 0 bridgehead atoms. The first-order chi connectivity index (χ1) is 8.15. The second-order valence-corrected chi connectivity index (χ2v) is 3.91.